The molecule has 1 saturated heterocycles. The molecule has 0 spiro atoms. The fourth-order valence-corrected chi connectivity index (χ4v) is 2.35. The average Bonchev–Trinajstić information content (AvgIpc) is 2.45. The van der Waals surface area contributed by atoms with E-state index >= 15 is 0 Å². The summed E-state index contributed by atoms with van der Waals surface area (Å²) < 4.78 is 0. The number of hydrogen-bond donors (Lipinski definition) is 1. The highest BCUT2D eigenvalue weighted by molar-refractivity contribution is 5.47. The summed E-state index contributed by atoms with van der Waals surface area (Å²) in [6.45, 7) is 4.01. The Hall–Kier alpha value is -1.53. The summed E-state index contributed by atoms with van der Waals surface area (Å²) in [5, 5.41) is 11.7. The molecule has 2 rings (SSSR count). The topological polar surface area (TPSA) is 39.1 Å². The number of anilines is 1. The van der Waals surface area contributed by atoms with Crippen LogP contribution >= 0.6 is 0 Å². The van der Waals surface area contributed by atoms with E-state index in [4.69, 9.17) is 5.26 Å². The minimum Gasteiger partial charge on any atom is -0.372 e. The molecular formula is C15H21N3. The van der Waals surface area contributed by atoms with Crippen LogP contribution in [0.4, 0.5) is 5.69 Å². The molecule has 1 aliphatic heterocycles. The zero-order chi connectivity index (χ0) is 12.6. The largest absolute Gasteiger partial charge is 0.372 e. The molecule has 3 nitrogen and oxygen atoms in total. The fourth-order valence-electron chi connectivity index (χ4n) is 2.35. The van der Waals surface area contributed by atoms with Crippen molar-refractivity contribution in [2.24, 2.45) is 0 Å². The number of rotatable bonds is 5. The van der Waals surface area contributed by atoms with E-state index in [9.17, 15) is 0 Å². The van der Waals surface area contributed by atoms with Gasteiger partial charge in [-0.15, -0.1) is 0 Å². The van der Waals surface area contributed by atoms with Gasteiger partial charge in [-0.25, -0.2) is 0 Å². The summed E-state index contributed by atoms with van der Waals surface area (Å²) in [5.41, 5.74) is 2.63. The van der Waals surface area contributed by atoms with Gasteiger partial charge in [0.2, 0.25) is 0 Å². The maximum Gasteiger partial charge on any atom is 0.0635 e. The van der Waals surface area contributed by atoms with Crippen molar-refractivity contribution in [3.63, 3.8) is 0 Å². The van der Waals surface area contributed by atoms with E-state index in [0.717, 1.165) is 13.1 Å². The molecule has 1 aromatic carbocycles. The maximum atomic E-state index is 8.45. The molecule has 0 aliphatic carbocycles. The molecule has 1 fully saturated rings. The summed E-state index contributed by atoms with van der Waals surface area (Å²) in [6, 6.07) is 10.9. The third-order valence-electron chi connectivity index (χ3n) is 3.40. The van der Waals surface area contributed by atoms with Gasteiger partial charge in [0, 0.05) is 38.3 Å². The predicted molar refractivity (Wildman–Crippen MR) is 74.4 cm³/mol. The Morgan fingerprint density at radius 3 is 2.50 bits per heavy atom. The minimum atomic E-state index is 0.575. The summed E-state index contributed by atoms with van der Waals surface area (Å²) in [6.07, 6.45) is 4.58. The number of nitriles is 1. The van der Waals surface area contributed by atoms with Gasteiger partial charge in [-0.05, 0) is 37.0 Å². The lowest BCUT2D eigenvalue weighted by Crippen LogP contribution is -2.29. The van der Waals surface area contributed by atoms with Crippen molar-refractivity contribution < 1.29 is 0 Å². The summed E-state index contributed by atoms with van der Waals surface area (Å²) in [4.78, 5) is 2.47. The maximum absolute atomic E-state index is 8.45. The lowest BCUT2D eigenvalue weighted by atomic mass is 10.1. The second-order valence-corrected chi connectivity index (χ2v) is 4.80. The Morgan fingerprint density at radius 2 is 1.83 bits per heavy atom. The van der Waals surface area contributed by atoms with Gasteiger partial charge in [0.1, 0.15) is 0 Å². The molecule has 18 heavy (non-hydrogen) atoms. The molecule has 0 radical (unpaired) electrons. The number of hydrogen-bond acceptors (Lipinski definition) is 3. The van der Waals surface area contributed by atoms with Gasteiger partial charge >= 0.3 is 0 Å². The molecule has 0 unspecified atom stereocenters. The first-order chi connectivity index (χ1) is 8.90. The summed E-state index contributed by atoms with van der Waals surface area (Å²) >= 11 is 0. The second-order valence-electron chi connectivity index (χ2n) is 4.80. The van der Waals surface area contributed by atoms with Crippen LogP contribution in [0, 0.1) is 11.3 Å². The molecule has 1 N–H and O–H groups in total. The zero-order valence-corrected chi connectivity index (χ0v) is 10.9. The molecule has 0 aromatic heterocycles. The molecule has 0 amide bonds. The molecule has 1 heterocycles. The Balaban J connectivity index is 1.83. The number of nitrogens with zero attached hydrogens (tertiary/aromatic N) is 2. The van der Waals surface area contributed by atoms with Crippen LogP contribution in [0.1, 0.15) is 31.2 Å². The van der Waals surface area contributed by atoms with Crippen molar-refractivity contribution in [1.82, 2.24) is 5.32 Å². The molecule has 0 atom stereocenters. The van der Waals surface area contributed by atoms with Crippen molar-refractivity contribution in [1.29, 1.82) is 5.26 Å². The Morgan fingerprint density at radius 1 is 1.11 bits per heavy atom. The number of nitrogens with one attached hydrogen (secondary N) is 1. The van der Waals surface area contributed by atoms with E-state index in [1.54, 1.807) is 0 Å². The molecule has 96 valence electrons. The van der Waals surface area contributed by atoms with E-state index < -0.39 is 0 Å². The predicted octanol–water partition coefficient (Wildman–Crippen LogP) is 2.68. The quantitative estimate of drug-likeness (QED) is 0.808. The standard InChI is InChI=1S/C15H21N3/c16-9-4-10-17-13-14-5-7-15(8-6-14)18-11-2-1-3-12-18/h5-8,17H,1-4,10-13H2. The smallest absolute Gasteiger partial charge is 0.0635 e. The van der Waals surface area contributed by atoms with Crippen molar-refractivity contribution in [2.45, 2.75) is 32.2 Å². The van der Waals surface area contributed by atoms with Crippen LogP contribution in [0.25, 0.3) is 0 Å². The van der Waals surface area contributed by atoms with E-state index in [-0.39, 0.29) is 0 Å². The van der Waals surface area contributed by atoms with Crippen molar-refractivity contribution >= 4 is 5.69 Å². The lowest BCUT2D eigenvalue weighted by Gasteiger charge is -2.28. The van der Waals surface area contributed by atoms with Gasteiger partial charge in [0.05, 0.1) is 6.07 Å². The van der Waals surface area contributed by atoms with E-state index in [0.29, 0.717) is 6.42 Å². The second kappa shape index (κ2) is 7.03. The SMILES string of the molecule is N#CCCNCc1ccc(N2CCCCC2)cc1. The van der Waals surface area contributed by atoms with Crippen LogP contribution in [0.15, 0.2) is 24.3 Å². The fraction of sp³-hybridized carbons (Fsp3) is 0.533. The normalized spacial score (nSPS) is 15.4. The zero-order valence-electron chi connectivity index (χ0n) is 10.9. The van der Waals surface area contributed by atoms with Crippen LogP contribution < -0.4 is 10.2 Å². The Bertz CT molecular complexity index is 385. The Labute approximate surface area is 109 Å². The van der Waals surface area contributed by atoms with Gasteiger partial charge in [-0.3, -0.25) is 0 Å². The number of piperidine rings is 1. The van der Waals surface area contributed by atoms with Gasteiger partial charge < -0.3 is 10.2 Å². The van der Waals surface area contributed by atoms with Crippen LogP contribution in [0.3, 0.4) is 0 Å². The molecule has 0 saturated carbocycles. The first kappa shape index (κ1) is 12.9. The lowest BCUT2D eigenvalue weighted by molar-refractivity contribution is 0.578. The highest BCUT2D eigenvalue weighted by atomic mass is 15.1. The highest BCUT2D eigenvalue weighted by Crippen LogP contribution is 2.20. The van der Waals surface area contributed by atoms with E-state index in [1.165, 1.54) is 43.6 Å². The molecule has 3 heteroatoms. The monoisotopic (exact) mass is 243 g/mol. The van der Waals surface area contributed by atoms with Crippen LogP contribution in [0.2, 0.25) is 0 Å². The van der Waals surface area contributed by atoms with E-state index in [2.05, 4.69) is 40.6 Å². The molecular weight excluding hydrogens is 222 g/mol. The first-order valence-corrected chi connectivity index (χ1v) is 6.82. The van der Waals surface area contributed by atoms with Crippen molar-refractivity contribution in [3.8, 4) is 6.07 Å². The highest BCUT2D eigenvalue weighted by Gasteiger charge is 2.10. The van der Waals surface area contributed by atoms with Crippen LogP contribution in [-0.2, 0) is 6.54 Å². The molecule has 1 aromatic rings. The minimum absolute atomic E-state index is 0.575. The Kier molecular flexibility index (Phi) is 5.04. The van der Waals surface area contributed by atoms with E-state index in [1.807, 2.05) is 0 Å². The number of benzene rings is 1. The van der Waals surface area contributed by atoms with Crippen LogP contribution in [-0.4, -0.2) is 19.6 Å². The van der Waals surface area contributed by atoms with Gasteiger partial charge in [0.15, 0.2) is 0 Å². The summed E-state index contributed by atoms with van der Waals surface area (Å²) in [7, 11) is 0. The molecule has 1 aliphatic rings. The van der Waals surface area contributed by atoms with Gasteiger partial charge in [-0.1, -0.05) is 12.1 Å². The van der Waals surface area contributed by atoms with Gasteiger partial charge in [-0.2, -0.15) is 5.26 Å². The van der Waals surface area contributed by atoms with Crippen molar-refractivity contribution in [3.05, 3.63) is 29.8 Å². The van der Waals surface area contributed by atoms with Crippen molar-refractivity contribution in [2.75, 3.05) is 24.5 Å². The van der Waals surface area contributed by atoms with Crippen LogP contribution in [0.5, 0.6) is 0 Å². The van der Waals surface area contributed by atoms with Gasteiger partial charge in [0.25, 0.3) is 0 Å². The third kappa shape index (κ3) is 3.75. The third-order valence-corrected chi connectivity index (χ3v) is 3.40. The molecule has 0 bridgehead atoms. The summed E-state index contributed by atoms with van der Waals surface area (Å²) in [5.74, 6) is 0. The first-order valence-electron chi connectivity index (χ1n) is 6.82. The average molecular weight is 243 g/mol.